The summed E-state index contributed by atoms with van der Waals surface area (Å²) < 4.78 is 14.0. The van der Waals surface area contributed by atoms with Crippen LogP contribution in [0.3, 0.4) is 0 Å². The van der Waals surface area contributed by atoms with Gasteiger partial charge in [-0.2, -0.15) is 0 Å². The molecule has 0 bridgehead atoms. The minimum Gasteiger partial charge on any atom is -0.352 e. The molecule has 152 valence electrons. The highest BCUT2D eigenvalue weighted by Gasteiger charge is 2.27. The molecule has 3 aromatic rings. The number of nitrogens with zero attached hydrogens (tertiary/aromatic N) is 1. The van der Waals surface area contributed by atoms with Crippen LogP contribution in [0.15, 0.2) is 60.7 Å². The minimum atomic E-state index is -0.273. The van der Waals surface area contributed by atoms with Gasteiger partial charge in [-0.3, -0.25) is 19.3 Å². The summed E-state index contributed by atoms with van der Waals surface area (Å²) in [5.74, 6) is -0.773. The van der Waals surface area contributed by atoms with E-state index in [1.165, 1.54) is 11.0 Å². The van der Waals surface area contributed by atoms with Crippen molar-refractivity contribution in [2.24, 2.45) is 0 Å². The van der Waals surface area contributed by atoms with Gasteiger partial charge in [-0.05, 0) is 47.0 Å². The summed E-state index contributed by atoms with van der Waals surface area (Å²) >= 11 is 0. The van der Waals surface area contributed by atoms with Crippen LogP contribution in [-0.4, -0.2) is 35.7 Å². The quantitative estimate of drug-likeness (QED) is 0.500. The summed E-state index contributed by atoms with van der Waals surface area (Å²) in [5, 5.41) is 4.62. The number of fused-ring (bicyclic) bond motifs is 1. The van der Waals surface area contributed by atoms with Crippen molar-refractivity contribution in [2.45, 2.75) is 19.3 Å². The highest BCUT2D eigenvalue weighted by Crippen LogP contribution is 2.27. The van der Waals surface area contributed by atoms with E-state index in [-0.39, 0.29) is 36.4 Å². The monoisotopic (exact) mass is 404 g/mol. The highest BCUT2D eigenvalue weighted by molar-refractivity contribution is 6.02. The van der Waals surface area contributed by atoms with Crippen molar-refractivity contribution in [1.82, 2.24) is 10.2 Å². The van der Waals surface area contributed by atoms with Gasteiger partial charge in [0.1, 0.15) is 5.82 Å². The molecule has 0 atom stereocenters. The lowest BCUT2D eigenvalue weighted by Gasteiger charge is -2.13. The smallest absolute Gasteiger partial charge is 0.251 e. The molecule has 4 rings (SSSR count). The standard InChI is InChI=1S/C24H21FN2O3/c25-21-5-2-1-4-20(21)18-8-6-17-15-19(9-7-16(17)14-18)24(30)26-12-3-13-27-22(28)10-11-23(27)29/h1-2,4-9,14-15H,3,10-13H2,(H,26,30). The Kier molecular flexibility index (Phi) is 5.57. The lowest BCUT2D eigenvalue weighted by Crippen LogP contribution is -2.33. The van der Waals surface area contributed by atoms with Crippen LogP contribution in [0.25, 0.3) is 21.9 Å². The summed E-state index contributed by atoms with van der Waals surface area (Å²) in [6.07, 6.45) is 1.07. The number of hydrogen-bond acceptors (Lipinski definition) is 3. The molecule has 1 saturated heterocycles. The highest BCUT2D eigenvalue weighted by atomic mass is 19.1. The molecule has 1 fully saturated rings. The number of likely N-dealkylation sites (tertiary alicyclic amines) is 1. The van der Waals surface area contributed by atoms with Gasteiger partial charge in [0.15, 0.2) is 0 Å². The molecular weight excluding hydrogens is 383 g/mol. The second-order valence-corrected chi connectivity index (χ2v) is 7.31. The number of halogens is 1. The lowest BCUT2D eigenvalue weighted by atomic mass is 9.99. The lowest BCUT2D eigenvalue weighted by molar-refractivity contribution is -0.138. The van der Waals surface area contributed by atoms with Gasteiger partial charge in [0.05, 0.1) is 0 Å². The van der Waals surface area contributed by atoms with E-state index >= 15 is 0 Å². The Bertz CT molecular complexity index is 1130. The maximum absolute atomic E-state index is 14.0. The van der Waals surface area contributed by atoms with Crippen LogP contribution in [0.1, 0.15) is 29.6 Å². The molecule has 1 aliphatic heterocycles. The fraction of sp³-hybridized carbons (Fsp3) is 0.208. The zero-order chi connectivity index (χ0) is 21.1. The van der Waals surface area contributed by atoms with Gasteiger partial charge in [0, 0.05) is 37.1 Å². The molecule has 0 unspecified atom stereocenters. The zero-order valence-electron chi connectivity index (χ0n) is 16.4. The predicted octanol–water partition coefficient (Wildman–Crippen LogP) is 3.91. The molecule has 0 aromatic heterocycles. The third-order valence-electron chi connectivity index (χ3n) is 5.29. The van der Waals surface area contributed by atoms with E-state index in [1.807, 2.05) is 24.3 Å². The van der Waals surface area contributed by atoms with Crippen molar-refractivity contribution < 1.29 is 18.8 Å². The fourth-order valence-electron chi connectivity index (χ4n) is 3.66. The van der Waals surface area contributed by atoms with Gasteiger partial charge >= 0.3 is 0 Å². The van der Waals surface area contributed by atoms with Crippen molar-refractivity contribution in [2.75, 3.05) is 13.1 Å². The number of rotatable bonds is 6. The molecule has 1 N–H and O–H groups in total. The number of benzene rings is 3. The number of carbonyl (C=O) groups excluding carboxylic acids is 3. The molecule has 0 spiro atoms. The molecular formula is C24H21FN2O3. The second kappa shape index (κ2) is 8.45. The second-order valence-electron chi connectivity index (χ2n) is 7.31. The summed E-state index contributed by atoms with van der Waals surface area (Å²) in [5.41, 5.74) is 1.84. The third kappa shape index (κ3) is 4.08. The first kappa shape index (κ1) is 19.8. The average Bonchev–Trinajstić information content (AvgIpc) is 3.08. The van der Waals surface area contributed by atoms with Gasteiger partial charge < -0.3 is 5.32 Å². The Morgan fingerprint density at radius 1 is 0.933 bits per heavy atom. The Morgan fingerprint density at radius 2 is 1.63 bits per heavy atom. The van der Waals surface area contributed by atoms with Crippen LogP contribution < -0.4 is 5.32 Å². The molecule has 1 heterocycles. The molecule has 5 nitrogen and oxygen atoms in total. The summed E-state index contributed by atoms with van der Waals surface area (Å²) in [6, 6.07) is 17.6. The van der Waals surface area contributed by atoms with E-state index in [0.29, 0.717) is 30.6 Å². The Morgan fingerprint density at radius 3 is 2.40 bits per heavy atom. The minimum absolute atomic E-state index is 0.143. The van der Waals surface area contributed by atoms with Crippen molar-refractivity contribution >= 4 is 28.5 Å². The van der Waals surface area contributed by atoms with Gasteiger partial charge in [0.2, 0.25) is 11.8 Å². The van der Waals surface area contributed by atoms with Gasteiger partial charge in [0.25, 0.3) is 5.91 Å². The first-order chi connectivity index (χ1) is 14.5. The summed E-state index contributed by atoms with van der Waals surface area (Å²) in [4.78, 5) is 36.9. The molecule has 0 aliphatic carbocycles. The fourth-order valence-corrected chi connectivity index (χ4v) is 3.66. The van der Waals surface area contributed by atoms with Crippen LogP contribution >= 0.6 is 0 Å². The van der Waals surface area contributed by atoms with E-state index in [0.717, 1.165) is 16.3 Å². The number of nitrogens with one attached hydrogen (secondary N) is 1. The van der Waals surface area contributed by atoms with Crippen molar-refractivity contribution in [1.29, 1.82) is 0 Å². The van der Waals surface area contributed by atoms with Crippen LogP contribution in [0, 0.1) is 5.82 Å². The molecule has 30 heavy (non-hydrogen) atoms. The third-order valence-corrected chi connectivity index (χ3v) is 5.29. The Labute approximate surface area is 173 Å². The van der Waals surface area contributed by atoms with Crippen molar-refractivity contribution in [3.8, 4) is 11.1 Å². The normalized spacial score (nSPS) is 13.8. The maximum atomic E-state index is 14.0. The Balaban J connectivity index is 1.40. The van der Waals surface area contributed by atoms with Crippen LogP contribution in [-0.2, 0) is 9.59 Å². The van der Waals surface area contributed by atoms with Crippen molar-refractivity contribution in [3.63, 3.8) is 0 Å². The number of imide groups is 1. The van der Waals surface area contributed by atoms with Gasteiger partial charge in [-0.25, -0.2) is 4.39 Å². The predicted molar refractivity (Wildman–Crippen MR) is 112 cm³/mol. The van der Waals surface area contributed by atoms with E-state index in [1.54, 1.807) is 30.3 Å². The number of carbonyl (C=O) groups is 3. The zero-order valence-corrected chi connectivity index (χ0v) is 16.4. The van der Waals surface area contributed by atoms with E-state index in [4.69, 9.17) is 0 Å². The SMILES string of the molecule is O=C(NCCCN1C(=O)CCC1=O)c1ccc2cc(-c3ccccc3F)ccc2c1. The average molecular weight is 404 g/mol. The van der Waals surface area contributed by atoms with Crippen LogP contribution in [0.2, 0.25) is 0 Å². The molecule has 3 amide bonds. The van der Waals surface area contributed by atoms with Crippen LogP contribution in [0.5, 0.6) is 0 Å². The van der Waals surface area contributed by atoms with E-state index in [9.17, 15) is 18.8 Å². The molecule has 0 radical (unpaired) electrons. The molecule has 0 saturated carbocycles. The summed E-state index contributed by atoms with van der Waals surface area (Å²) in [6.45, 7) is 0.703. The Hall–Kier alpha value is -3.54. The van der Waals surface area contributed by atoms with E-state index in [2.05, 4.69) is 5.32 Å². The molecule has 6 heteroatoms. The van der Waals surface area contributed by atoms with Gasteiger partial charge in [-0.15, -0.1) is 0 Å². The molecule has 1 aliphatic rings. The first-order valence-electron chi connectivity index (χ1n) is 9.93. The molecule has 3 aromatic carbocycles. The van der Waals surface area contributed by atoms with E-state index < -0.39 is 0 Å². The topological polar surface area (TPSA) is 66.5 Å². The maximum Gasteiger partial charge on any atom is 0.251 e. The first-order valence-corrected chi connectivity index (χ1v) is 9.93. The van der Waals surface area contributed by atoms with Gasteiger partial charge in [-0.1, -0.05) is 36.4 Å². The largest absolute Gasteiger partial charge is 0.352 e. The summed E-state index contributed by atoms with van der Waals surface area (Å²) in [7, 11) is 0. The number of amides is 3. The van der Waals surface area contributed by atoms with Crippen molar-refractivity contribution in [3.05, 3.63) is 72.0 Å². The van der Waals surface area contributed by atoms with Crippen LogP contribution in [0.4, 0.5) is 4.39 Å². The number of hydrogen-bond donors (Lipinski definition) is 1.